The minimum atomic E-state index is -0.359. The molecule has 2 unspecified atom stereocenters. The number of rotatable bonds is 5. The van der Waals surface area contributed by atoms with E-state index in [1.165, 1.54) is 11.1 Å². The zero-order chi connectivity index (χ0) is 20.7. The number of carbonyl (C=O) groups excluding carboxylic acids is 1. The lowest BCUT2D eigenvalue weighted by atomic mass is 10.0. The Labute approximate surface area is 175 Å². The minimum Gasteiger partial charge on any atom is -0.444 e. The van der Waals surface area contributed by atoms with Crippen LogP contribution >= 0.6 is 0 Å². The van der Waals surface area contributed by atoms with Crippen molar-refractivity contribution >= 4 is 17.7 Å². The third-order valence-electron chi connectivity index (χ3n) is 6.17. The van der Waals surface area contributed by atoms with E-state index < -0.39 is 0 Å². The Hall–Kier alpha value is -2.65. The molecular formula is C21H28N6O3. The maximum Gasteiger partial charge on any atom is 0.407 e. The number of fused-ring (bicyclic) bond motifs is 1. The first-order valence-corrected chi connectivity index (χ1v) is 10.6. The number of hydrogen-bond donors (Lipinski definition) is 3. The highest BCUT2D eigenvalue weighted by Gasteiger charge is 2.40. The average molecular weight is 412 g/mol. The largest absolute Gasteiger partial charge is 0.444 e. The highest BCUT2D eigenvalue weighted by atomic mass is 16.6. The molecule has 3 aliphatic rings. The van der Waals surface area contributed by atoms with Crippen LogP contribution in [-0.2, 0) is 22.4 Å². The summed E-state index contributed by atoms with van der Waals surface area (Å²) in [6.45, 7) is 4.36. The van der Waals surface area contributed by atoms with E-state index in [-0.39, 0.29) is 23.8 Å². The van der Waals surface area contributed by atoms with Gasteiger partial charge in [-0.1, -0.05) is 0 Å². The maximum absolute atomic E-state index is 12.0. The third kappa shape index (κ3) is 4.13. The van der Waals surface area contributed by atoms with Crippen molar-refractivity contribution in [1.29, 1.82) is 0 Å². The van der Waals surface area contributed by atoms with Gasteiger partial charge in [0.15, 0.2) is 5.82 Å². The van der Waals surface area contributed by atoms with Gasteiger partial charge in [0.05, 0.1) is 12.3 Å². The highest BCUT2D eigenvalue weighted by Crippen LogP contribution is 2.35. The Morgan fingerprint density at radius 1 is 1.43 bits per heavy atom. The Kier molecular flexibility index (Phi) is 4.86. The summed E-state index contributed by atoms with van der Waals surface area (Å²) in [4.78, 5) is 18.8. The number of pyridine rings is 1. The van der Waals surface area contributed by atoms with Gasteiger partial charge in [-0.25, -0.2) is 9.78 Å². The molecular weight excluding hydrogens is 384 g/mol. The average Bonchev–Trinajstić information content (AvgIpc) is 3.08. The van der Waals surface area contributed by atoms with Gasteiger partial charge in [0, 0.05) is 42.9 Å². The Bertz CT molecular complexity index is 941. The van der Waals surface area contributed by atoms with Gasteiger partial charge in [0.25, 0.3) is 0 Å². The third-order valence-corrected chi connectivity index (χ3v) is 6.17. The quantitative estimate of drug-likeness (QED) is 0.693. The summed E-state index contributed by atoms with van der Waals surface area (Å²) in [6, 6.07) is 4.02. The van der Waals surface area contributed by atoms with Crippen molar-refractivity contribution in [3.8, 4) is 0 Å². The first kappa shape index (κ1) is 19.3. The van der Waals surface area contributed by atoms with Crippen LogP contribution in [0.4, 0.5) is 16.4 Å². The molecule has 2 fully saturated rings. The summed E-state index contributed by atoms with van der Waals surface area (Å²) < 4.78 is 11.4. The number of aromatic nitrogens is 3. The molecule has 3 N–H and O–H groups in total. The van der Waals surface area contributed by atoms with Crippen molar-refractivity contribution in [3.05, 3.63) is 35.2 Å². The van der Waals surface area contributed by atoms with E-state index in [4.69, 9.17) is 9.47 Å². The summed E-state index contributed by atoms with van der Waals surface area (Å²) >= 11 is 0. The highest BCUT2D eigenvalue weighted by molar-refractivity contribution is 5.69. The van der Waals surface area contributed by atoms with Gasteiger partial charge in [-0.15, -0.1) is 0 Å². The van der Waals surface area contributed by atoms with Crippen LogP contribution < -0.4 is 10.6 Å². The second-order valence-electron chi connectivity index (χ2n) is 8.89. The van der Waals surface area contributed by atoms with E-state index in [9.17, 15) is 4.79 Å². The lowest BCUT2D eigenvalue weighted by molar-refractivity contribution is 0.0675. The summed E-state index contributed by atoms with van der Waals surface area (Å²) in [6.07, 6.45) is 4.63. The van der Waals surface area contributed by atoms with E-state index in [2.05, 4.69) is 43.8 Å². The Morgan fingerprint density at radius 3 is 3.13 bits per heavy atom. The number of amides is 1. The molecule has 1 saturated heterocycles. The second kappa shape index (κ2) is 7.55. The number of likely N-dealkylation sites (N-methyl/N-ethyl adjacent to an activating group) is 1. The van der Waals surface area contributed by atoms with Crippen LogP contribution in [0, 0.1) is 0 Å². The smallest absolute Gasteiger partial charge is 0.407 e. The number of nitrogens with one attached hydrogen (secondary N) is 3. The van der Waals surface area contributed by atoms with Crippen LogP contribution in [0.15, 0.2) is 18.3 Å². The molecule has 2 aromatic rings. The number of alkyl carbamates (subject to hydrolysis) is 1. The summed E-state index contributed by atoms with van der Waals surface area (Å²) in [7, 11) is 2.13. The van der Waals surface area contributed by atoms with Gasteiger partial charge in [0.2, 0.25) is 0 Å². The first-order valence-electron chi connectivity index (χ1n) is 10.6. The zero-order valence-electron chi connectivity index (χ0n) is 17.4. The number of aromatic amines is 1. The molecule has 5 rings (SSSR count). The fourth-order valence-electron chi connectivity index (χ4n) is 4.06. The maximum atomic E-state index is 12.0. The van der Waals surface area contributed by atoms with Gasteiger partial charge >= 0.3 is 6.09 Å². The fraction of sp³-hybridized carbons (Fsp3) is 0.571. The van der Waals surface area contributed by atoms with Crippen molar-refractivity contribution in [2.45, 2.75) is 56.9 Å². The van der Waals surface area contributed by atoms with Crippen molar-refractivity contribution < 1.29 is 14.3 Å². The van der Waals surface area contributed by atoms with Crippen LogP contribution in [0.2, 0.25) is 0 Å². The van der Waals surface area contributed by atoms with Gasteiger partial charge in [-0.2, -0.15) is 5.10 Å². The number of carbonyl (C=O) groups is 1. The topological polar surface area (TPSA) is 104 Å². The standard InChI is InChI=1S/C21H28N6O3/c1-21(5-6-21)24-20(28)30-14-9-17(29-12-14)16-10-18(26-25-16)23-19-15-4-8-27(2)11-13(15)3-7-22-19/h3,7,10,14,17H,4-6,8-9,11-12H2,1-2H3,(H,24,28)(H2,22,23,25,26). The number of H-pyrrole nitrogens is 1. The Morgan fingerprint density at radius 2 is 2.30 bits per heavy atom. The Balaban J connectivity index is 1.19. The molecule has 1 amide bonds. The number of hydrogen-bond acceptors (Lipinski definition) is 7. The molecule has 0 spiro atoms. The molecule has 1 saturated carbocycles. The van der Waals surface area contributed by atoms with Crippen molar-refractivity contribution in [3.63, 3.8) is 0 Å². The van der Waals surface area contributed by atoms with Gasteiger partial charge in [-0.3, -0.25) is 5.10 Å². The lowest BCUT2D eigenvalue weighted by Crippen LogP contribution is -2.37. The molecule has 160 valence electrons. The normalized spacial score (nSPS) is 24.9. The summed E-state index contributed by atoms with van der Waals surface area (Å²) in [5.74, 6) is 1.56. The predicted molar refractivity (Wildman–Crippen MR) is 110 cm³/mol. The molecule has 0 aromatic carbocycles. The molecule has 9 heteroatoms. The van der Waals surface area contributed by atoms with Crippen molar-refractivity contribution in [2.75, 3.05) is 25.5 Å². The van der Waals surface area contributed by atoms with E-state index in [1.807, 2.05) is 19.2 Å². The van der Waals surface area contributed by atoms with Gasteiger partial charge < -0.3 is 25.0 Å². The molecule has 30 heavy (non-hydrogen) atoms. The molecule has 1 aliphatic carbocycles. The second-order valence-corrected chi connectivity index (χ2v) is 8.89. The molecule has 2 atom stereocenters. The van der Waals surface area contributed by atoms with Crippen LogP contribution in [0.1, 0.15) is 49.1 Å². The van der Waals surface area contributed by atoms with Gasteiger partial charge in [0.1, 0.15) is 18.0 Å². The number of anilines is 2. The molecule has 0 bridgehead atoms. The first-order chi connectivity index (χ1) is 14.5. The van der Waals surface area contributed by atoms with Crippen LogP contribution in [0.25, 0.3) is 0 Å². The van der Waals surface area contributed by atoms with E-state index in [1.54, 1.807) is 0 Å². The predicted octanol–water partition coefficient (Wildman–Crippen LogP) is 2.64. The van der Waals surface area contributed by atoms with Gasteiger partial charge in [-0.05, 0) is 44.9 Å². The molecule has 2 aliphatic heterocycles. The van der Waals surface area contributed by atoms with Crippen molar-refractivity contribution in [1.82, 2.24) is 25.4 Å². The lowest BCUT2D eigenvalue weighted by Gasteiger charge is -2.26. The minimum absolute atomic E-state index is 0.0834. The number of ether oxygens (including phenoxy) is 2. The summed E-state index contributed by atoms with van der Waals surface area (Å²) in [5.41, 5.74) is 3.33. The van der Waals surface area contributed by atoms with E-state index >= 15 is 0 Å². The van der Waals surface area contributed by atoms with E-state index in [0.717, 1.165) is 43.9 Å². The van der Waals surface area contributed by atoms with E-state index in [0.29, 0.717) is 18.8 Å². The SMILES string of the molecule is CN1CCc2c(ccnc2Nc2cc(C3CC(OC(=O)NC4(C)CC4)CO3)[nH]n2)C1. The molecule has 4 heterocycles. The number of nitrogens with zero attached hydrogens (tertiary/aromatic N) is 3. The molecule has 2 aromatic heterocycles. The monoisotopic (exact) mass is 412 g/mol. The molecule has 0 radical (unpaired) electrons. The summed E-state index contributed by atoms with van der Waals surface area (Å²) in [5, 5.41) is 13.7. The van der Waals surface area contributed by atoms with Crippen molar-refractivity contribution in [2.24, 2.45) is 0 Å². The van der Waals surface area contributed by atoms with Crippen LogP contribution in [0.5, 0.6) is 0 Å². The van der Waals surface area contributed by atoms with Crippen LogP contribution in [0.3, 0.4) is 0 Å². The molecule has 9 nitrogen and oxygen atoms in total. The zero-order valence-corrected chi connectivity index (χ0v) is 17.4. The fourth-order valence-corrected chi connectivity index (χ4v) is 4.06. The van der Waals surface area contributed by atoms with Crippen LogP contribution in [-0.4, -0.2) is 58.0 Å².